The Balaban J connectivity index is 0.000000122. The maximum absolute atomic E-state index is 9.60. The van der Waals surface area contributed by atoms with Crippen LogP contribution in [0.3, 0.4) is 0 Å². The third-order valence-corrected chi connectivity index (χ3v) is 27.2. The monoisotopic (exact) mass is 1620 g/mol. The largest absolute Gasteiger partial charge is 0.494 e. The van der Waals surface area contributed by atoms with Crippen LogP contribution < -0.4 is 5.46 Å². The van der Waals surface area contributed by atoms with E-state index in [2.05, 4.69) is 322 Å². The molecule has 0 unspecified atom stereocenters. The highest BCUT2D eigenvalue weighted by Crippen LogP contribution is 2.66. The number of fused-ring (bicyclic) bond motifs is 20. The van der Waals surface area contributed by atoms with Gasteiger partial charge in [-0.05, 0) is 210 Å². The van der Waals surface area contributed by atoms with Crippen LogP contribution in [0.4, 0.5) is 0 Å². The first-order valence-electron chi connectivity index (χ1n) is 40.7. The van der Waals surface area contributed by atoms with Crippen LogP contribution in [-0.2, 0) is 20.1 Å². The molecule has 2 spiro atoms. The van der Waals surface area contributed by atoms with E-state index in [1.54, 1.807) is 0 Å². The molecule has 0 amide bonds. The molecule has 18 aromatic rings. The smallest absolute Gasteiger partial charge is 0.399 e. The number of hydrogen-bond donors (Lipinski definition) is 0. The van der Waals surface area contributed by atoms with E-state index in [0.717, 1.165) is 77.1 Å². The highest BCUT2D eigenvalue weighted by Gasteiger charge is 2.56. The molecule has 10 nitrogen and oxygen atoms in total. The van der Waals surface area contributed by atoms with Crippen LogP contribution in [0.1, 0.15) is 83.3 Å². The second-order valence-corrected chi connectivity index (χ2v) is 34.5. The Labute approximate surface area is 721 Å². The van der Waals surface area contributed by atoms with E-state index < -0.39 is 29.2 Å². The van der Waals surface area contributed by atoms with Gasteiger partial charge in [-0.1, -0.05) is 333 Å². The average Bonchev–Trinajstić information content (AvgIpc) is 1.52. The van der Waals surface area contributed by atoms with Gasteiger partial charge >= 0.3 is 7.12 Å². The van der Waals surface area contributed by atoms with E-state index in [0.29, 0.717) is 40.2 Å². The number of halogens is 1. The Hall–Kier alpha value is -14.0. The lowest BCUT2D eigenvalue weighted by molar-refractivity contribution is 0.00578. The van der Waals surface area contributed by atoms with Gasteiger partial charge in [0.2, 0.25) is 5.28 Å². The second kappa shape index (κ2) is 30.4. The molecule has 0 bridgehead atoms. The quantitative estimate of drug-likeness (QED) is 0.134. The maximum atomic E-state index is 9.60. The highest BCUT2D eigenvalue weighted by atomic mass is 35.5. The average molecular weight is 1620 g/mol. The number of hydrogen-bond acceptors (Lipinski definition) is 12. The molecule has 0 radical (unpaired) electrons. The predicted molar refractivity (Wildman–Crippen MR) is 492 cm³/mol. The summed E-state index contributed by atoms with van der Waals surface area (Å²) in [4.78, 5) is 33.8. The predicted octanol–water partition coefficient (Wildman–Crippen LogP) is 25.8. The Morgan fingerprint density at radius 2 is 0.623 bits per heavy atom. The maximum Gasteiger partial charge on any atom is 0.494 e. The summed E-state index contributed by atoms with van der Waals surface area (Å²) in [7, 11) is -0.461. The SMILES string of the molecule is CC1(C)OB(c2ccc3c(c2)C2(c4ccccc4Sc4ccccc42)c2cccc(-c4ccc(C#N)cc4)c2-3)OC1(C)C.Clc1nc(-c2ccccc2)nc(-c2cccc3ccccc23)n1.N#Cc1ccc(-c2cccc3c2-c2ccc(-c4nc(-c5ccccc5)nc(-c5cccc6ccccc56)n4)cc2C32c3ccccc3Sc3ccccc32)cc1. The van der Waals surface area contributed by atoms with Crippen LogP contribution >= 0.6 is 35.1 Å². The van der Waals surface area contributed by atoms with Gasteiger partial charge in [-0.2, -0.15) is 20.5 Å². The van der Waals surface area contributed by atoms with Gasteiger partial charge in [0.05, 0.1) is 45.3 Å². The van der Waals surface area contributed by atoms with Crippen molar-refractivity contribution in [2.45, 2.75) is 69.3 Å². The molecule has 2 aromatic heterocycles. The lowest BCUT2D eigenvalue weighted by atomic mass is 9.66. The van der Waals surface area contributed by atoms with E-state index in [1.165, 1.54) is 86.3 Å². The third-order valence-electron chi connectivity index (χ3n) is 24.8. The fourth-order valence-corrected chi connectivity index (χ4v) is 21.0. The summed E-state index contributed by atoms with van der Waals surface area (Å²) in [5.74, 6) is 3.05. The van der Waals surface area contributed by atoms with Crippen molar-refractivity contribution in [3.63, 3.8) is 0 Å². The van der Waals surface area contributed by atoms with E-state index in [4.69, 9.17) is 35.9 Å². The summed E-state index contributed by atoms with van der Waals surface area (Å²) in [5.41, 5.74) is 24.4. The van der Waals surface area contributed by atoms with Crippen molar-refractivity contribution in [1.82, 2.24) is 29.9 Å². The zero-order valence-corrected chi connectivity index (χ0v) is 69.2. The van der Waals surface area contributed by atoms with Gasteiger partial charge in [0.1, 0.15) is 0 Å². The van der Waals surface area contributed by atoms with Crippen molar-refractivity contribution in [1.29, 1.82) is 10.5 Å². The Kier molecular flexibility index (Phi) is 18.8. The van der Waals surface area contributed by atoms with E-state index in [-0.39, 0.29) is 5.28 Å². The molecule has 1 fully saturated rings. The highest BCUT2D eigenvalue weighted by molar-refractivity contribution is 7.99. The van der Waals surface area contributed by atoms with Crippen molar-refractivity contribution < 1.29 is 9.31 Å². The van der Waals surface area contributed by atoms with Crippen molar-refractivity contribution >= 4 is 69.3 Å². The van der Waals surface area contributed by atoms with Gasteiger partial charge in [0, 0.05) is 47.4 Å². The molecular weight excluding hydrogens is 1550 g/mol. The van der Waals surface area contributed by atoms with E-state index >= 15 is 0 Å². The lowest BCUT2D eigenvalue weighted by Crippen LogP contribution is -2.41. The van der Waals surface area contributed by atoms with E-state index in [9.17, 15) is 10.5 Å². The van der Waals surface area contributed by atoms with E-state index in [1.807, 2.05) is 121 Å². The summed E-state index contributed by atoms with van der Waals surface area (Å²) in [6.45, 7) is 8.41. The minimum Gasteiger partial charge on any atom is -0.399 e. The molecule has 3 aliphatic heterocycles. The van der Waals surface area contributed by atoms with Gasteiger partial charge < -0.3 is 9.31 Å². The zero-order valence-electron chi connectivity index (χ0n) is 66.8. The van der Waals surface area contributed by atoms with Crippen LogP contribution in [0, 0.1) is 22.7 Å². The molecule has 0 atom stereocenters. The van der Waals surface area contributed by atoms with Crippen molar-refractivity contribution in [3.05, 3.63) is 425 Å². The van der Waals surface area contributed by atoms with Crippen LogP contribution in [0.25, 0.3) is 123 Å². The first-order chi connectivity index (χ1) is 59.8. The van der Waals surface area contributed by atoms with Crippen LogP contribution in [0.2, 0.25) is 5.28 Å². The van der Waals surface area contributed by atoms with Crippen molar-refractivity contribution in [2.75, 3.05) is 0 Å². The Bertz CT molecular complexity index is 7240. The molecule has 5 aliphatic rings. The lowest BCUT2D eigenvalue weighted by Gasteiger charge is -2.39. The van der Waals surface area contributed by atoms with Gasteiger partial charge in [-0.15, -0.1) is 0 Å². The first-order valence-corrected chi connectivity index (χ1v) is 42.7. The minimum absolute atomic E-state index is 0.196. The standard InChI is InChI=1S/C51H30N4S.C38H30BNO2S.C19H12ClN3/c52-31-32-24-26-34(27-25-32)38-17-11-21-43-47(38)40-29-28-36(30-44(40)51(43)41-19-6-8-22-45(41)56-46-23-9-7-20-42(46)51)49-53-48(35-13-2-1-3-14-35)54-50(55-49)39-18-10-15-33-12-4-5-16-37(33)39;1-36(2)37(3,4)42-39(41-36)26-20-21-28-32(22-26)38(29-11-5-7-14-33(29)43-34-15-8-6-12-30(34)38)31-13-9-10-27(35(28)31)25-18-16-24(23-40)17-19-25;20-19-22-17(14-8-2-1-3-9-14)21-18(23-19)16-12-6-10-13-7-4-5-11-15(13)16/h1-30H;5-22H,1-4H3;1-12H. The van der Waals surface area contributed by atoms with Gasteiger partial charge in [0.15, 0.2) is 29.1 Å². The van der Waals surface area contributed by atoms with Crippen molar-refractivity contribution in [2.24, 2.45) is 0 Å². The molecule has 578 valence electrons. The molecule has 14 heteroatoms. The summed E-state index contributed by atoms with van der Waals surface area (Å²) in [5, 5.41) is 23.7. The minimum atomic E-state index is -0.602. The van der Waals surface area contributed by atoms with Crippen LogP contribution in [0.5, 0.6) is 0 Å². The molecule has 1 saturated heterocycles. The number of aromatic nitrogens is 6. The molecule has 5 heterocycles. The fraction of sp³-hybridized carbons (Fsp3) is 0.0741. The summed E-state index contributed by atoms with van der Waals surface area (Å²) < 4.78 is 13.1. The van der Waals surface area contributed by atoms with Gasteiger partial charge in [0.25, 0.3) is 0 Å². The topological polar surface area (TPSA) is 143 Å². The molecule has 2 aliphatic carbocycles. The number of benzene rings is 16. The summed E-state index contributed by atoms with van der Waals surface area (Å²) in [6, 6.07) is 132. The molecule has 0 saturated carbocycles. The second-order valence-electron chi connectivity index (χ2n) is 32.0. The summed E-state index contributed by atoms with van der Waals surface area (Å²) >= 11 is 9.82. The molecule has 23 rings (SSSR count). The first kappa shape index (κ1) is 75.5. The molecule has 0 N–H and O–H groups in total. The number of nitrogens with zero attached hydrogens (tertiary/aromatic N) is 8. The normalized spacial score (nSPS) is 14.4. The third kappa shape index (κ3) is 12.6. The fourth-order valence-electron chi connectivity index (χ4n) is 18.5. The van der Waals surface area contributed by atoms with Crippen molar-refractivity contribution in [3.8, 4) is 114 Å². The molecule has 122 heavy (non-hydrogen) atoms. The number of rotatable bonds is 8. The van der Waals surface area contributed by atoms with Crippen LogP contribution in [-0.4, -0.2) is 48.2 Å². The number of nitriles is 2. The Morgan fingerprint density at radius 3 is 1.08 bits per heavy atom. The molecule has 16 aromatic carbocycles. The zero-order chi connectivity index (χ0) is 82.4. The summed E-state index contributed by atoms with van der Waals surface area (Å²) in [6.07, 6.45) is 0. The van der Waals surface area contributed by atoms with Gasteiger partial charge in [-0.25, -0.2) is 19.9 Å². The van der Waals surface area contributed by atoms with Crippen LogP contribution in [0.15, 0.2) is 384 Å². The molecular formula is C108H72BClN8O2S2. The van der Waals surface area contributed by atoms with Gasteiger partial charge in [-0.3, -0.25) is 0 Å². The Morgan fingerprint density at radius 1 is 0.287 bits per heavy atom.